The molecule has 3 N–H and O–H groups in total. The van der Waals surface area contributed by atoms with Gasteiger partial charge in [0, 0.05) is 12.1 Å². The first-order chi connectivity index (χ1) is 9.97. The van der Waals surface area contributed by atoms with Crippen LogP contribution in [0.3, 0.4) is 0 Å². The molecule has 0 aliphatic heterocycles. The summed E-state index contributed by atoms with van der Waals surface area (Å²) in [5.41, 5.74) is 5.89. The van der Waals surface area contributed by atoms with E-state index >= 15 is 0 Å². The molecule has 6 heteroatoms. The molecule has 0 radical (unpaired) electrons. The van der Waals surface area contributed by atoms with Crippen molar-refractivity contribution in [3.63, 3.8) is 0 Å². The summed E-state index contributed by atoms with van der Waals surface area (Å²) in [7, 11) is 0. The van der Waals surface area contributed by atoms with Crippen molar-refractivity contribution in [2.24, 2.45) is 0 Å². The first kappa shape index (κ1) is 16.1. The second-order valence-electron chi connectivity index (χ2n) is 5.41. The Morgan fingerprint density at radius 2 is 2.10 bits per heavy atom. The van der Waals surface area contributed by atoms with Crippen molar-refractivity contribution in [1.82, 2.24) is 5.32 Å². The van der Waals surface area contributed by atoms with E-state index in [9.17, 15) is 9.18 Å². The van der Waals surface area contributed by atoms with Crippen LogP contribution in [0.25, 0.3) is 0 Å². The summed E-state index contributed by atoms with van der Waals surface area (Å²) < 4.78 is 19.2. The number of benzene rings is 1. The van der Waals surface area contributed by atoms with E-state index in [-0.39, 0.29) is 17.6 Å². The van der Waals surface area contributed by atoms with Crippen molar-refractivity contribution >= 4 is 27.5 Å². The van der Waals surface area contributed by atoms with Gasteiger partial charge in [0.05, 0.1) is 10.2 Å². The van der Waals surface area contributed by atoms with Gasteiger partial charge in [-0.3, -0.25) is 4.79 Å². The Kier molecular flexibility index (Phi) is 5.45. The van der Waals surface area contributed by atoms with Crippen LogP contribution in [0.1, 0.15) is 39.0 Å². The molecule has 21 heavy (non-hydrogen) atoms. The third kappa shape index (κ3) is 4.33. The molecule has 0 aromatic heterocycles. The van der Waals surface area contributed by atoms with E-state index in [4.69, 9.17) is 10.5 Å². The Morgan fingerprint density at radius 3 is 2.71 bits per heavy atom. The van der Waals surface area contributed by atoms with E-state index in [0.29, 0.717) is 10.2 Å². The zero-order valence-corrected chi connectivity index (χ0v) is 13.6. The first-order valence-electron chi connectivity index (χ1n) is 7.19. The van der Waals surface area contributed by atoms with Crippen LogP contribution in [0.4, 0.5) is 10.1 Å². The van der Waals surface area contributed by atoms with Crippen molar-refractivity contribution in [2.45, 2.75) is 51.2 Å². The van der Waals surface area contributed by atoms with Gasteiger partial charge in [-0.2, -0.15) is 0 Å². The Balaban J connectivity index is 1.97. The lowest BCUT2D eigenvalue weighted by Gasteiger charge is -2.25. The number of halogens is 2. The summed E-state index contributed by atoms with van der Waals surface area (Å²) in [6.07, 6.45) is 4.88. The second-order valence-corrected chi connectivity index (χ2v) is 6.26. The molecule has 0 heterocycles. The summed E-state index contributed by atoms with van der Waals surface area (Å²) in [6.45, 7) is 1.66. The molecule has 1 fully saturated rings. The van der Waals surface area contributed by atoms with E-state index < -0.39 is 11.9 Å². The highest BCUT2D eigenvalue weighted by atomic mass is 79.9. The van der Waals surface area contributed by atoms with Crippen LogP contribution in [0.5, 0.6) is 5.75 Å². The van der Waals surface area contributed by atoms with Gasteiger partial charge >= 0.3 is 0 Å². The van der Waals surface area contributed by atoms with Crippen LogP contribution in [-0.2, 0) is 4.79 Å². The highest BCUT2D eigenvalue weighted by Crippen LogP contribution is 2.33. The van der Waals surface area contributed by atoms with Crippen molar-refractivity contribution in [1.29, 1.82) is 0 Å². The summed E-state index contributed by atoms with van der Waals surface area (Å²) in [5, 5.41) is 3.00. The fraction of sp³-hybridized carbons (Fsp3) is 0.533. The van der Waals surface area contributed by atoms with Gasteiger partial charge in [0.1, 0.15) is 5.82 Å². The zero-order chi connectivity index (χ0) is 15.4. The molecule has 1 unspecified atom stereocenters. The first-order valence-corrected chi connectivity index (χ1v) is 7.98. The number of nitrogen functional groups attached to an aromatic ring is 1. The molecule has 1 aromatic carbocycles. The number of hydrogen-bond donors (Lipinski definition) is 2. The van der Waals surface area contributed by atoms with Gasteiger partial charge in [-0.1, -0.05) is 19.3 Å². The quantitative estimate of drug-likeness (QED) is 0.810. The zero-order valence-electron chi connectivity index (χ0n) is 12.0. The van der Waals surface area contributed by atoms with Crippen LogP contribution in [0, 0.1) is 5.82 Å². The predicted octanol–water partition coefficient (Wildman–Crippen LogP) is 3.39. The minimum absolute atomic E-state index is 0.166. The fourth-order valence-electron chi connectivity index (χ4n) is 2.50. The molecule has 0 spiro atoms. The van der Waals surface area contributed by atoms with Crippen LogP contribution in [-0.4, -0.2) is 18.1 Å². The number of rotatable bonds is 4. The minimum Gasteiger partial charge on any atom is -0.478 e. The maximum atomic E-state index is 13.2. The van der Waals surface area contributed by atoms with Gasteiger partial charge < -0.3 is 15.8 Å². The lowest BCUT2D eigenvalue weighted by molar-refractivity contribution is -0.128. The average Bonchev–Trinajstić information content (AvgIpc) is 2.43. The molecule has 1 amide bonds. The number of carbonyl (C=O) groups excluding carboxylic acids is 1. The summed E-state index contributed by atoms with van der Waals surface area (Å²) in [6, 6.07) is 2.66. The Morgan fingerprint density at radius 1 is 1.43 bits per heavy atom. The van der Waals surface area contributed by atoms with Gasteiger partial charge in [0.2, 0.25) is 0 Å². The summed E-state index contributed by atoms with van der Waals surface area (Å²) in [4.78, 5) is 12.1. The van der Waals surface area contributed by atoms with Crippen LogP contribution < -0.4 is 15.8 Å². The number of anilines is 1. The normalized spacial score (nSPS) is 17.3. The number of hydrogen-bond acceptors (Lipinski definition) is 3. The fourth-order valence-corrected chi connectivity index (χ4v) is 3.04. The predicted molar refractivity (Wildman–Crippen MR) is 83.6 cm³/mol. The molecule has 1 aromatic rings. The Bertz CT molecular complexity index is 495. The molecule has 0 saturated heterocycles. The van der Waals surface area contributed by atoms with E-state index in [1.807, 2.05) is 0 Å². The van der Waals surface area contributed by atoms with E-state index in [1.54, 1.807) is 6.92 Å². The molecule has 116 valence electrons. The molecule has 4 nitrogen and oxygen atoms in total. The number of carbonyl (C=O) groups is 1. The van der Waals surface area contributed by atoms with E-state index in [0.717, 1.165) is 25.7 Å². The monoisotopic (exact) mass is 358 g/mol. The Labute approximate surface area is 132 Å². The Hall–Kier alpha value is -1.30. The van der Waals surface area contributed by atoms with E-state index in [1.165, 1.54) is 18.6 Å². The lowest BCUT2D eigenvalue weighted by atomic mass is 9.95. The van der Waals surface area contributed by atoms with Crippen molar-refractivity contribution in [3.8, 4) is 5.75 Å². The molecule has 1 aliphatic carbocycles. The minimum atomic E-state index is -0.684. The van der Waals surface area contributed by atoms with Gasteiger partial charge in [-0.05, 0) is 41.8 Å². The standard InChI is InChI=1S/C15H20BrFN2O2/c1-9(15(20)19-11-5-3-2-4-6-11)21-14-12(16)7-10(17)8-13(14)18/h7-9,11H,2-6,18H2,1H3,(H,19,20). The van der Waals surface area contributed by atoms with Gasteiger partial charge in [-0.15, -0.1) is 0 Å². The van der Waals surface area contributed by atoms with Crippen LogP contribution in [0.2, 0.25) is 0 Å². The smallest absolute Gasteiger partial charge is 0.260 e. The van der Waals surface area contributed by atoms with Crippen LogP contribution in [0.15, 0.2) is 16.6 Å². The highest BCUT2D eigenvalue weighted by molar-refractivity contribution is 9.10. The number of amides is 1. The third-order valence-corrected chi connectivity index (χ3v) is 4.24. The second kappa shape index (κ2) is 7.11. The molecule has 1 atom stereocenters. The molecule has 1 saturated carbocycles. The van der Waals surface area contributed by atoms with Crippen molar-refractivity contribution in [3.05, 3.63) is 22.4 Å². The highest BCUT2D eigenvalue weighted by Gasteiger charge is 2.22. The summed E-state index contributed by atoms with van der Waals surface area (Å²) in [5.74, 6) is -0.328. The number of ether oxygens (including phenoxy) is 1. The van der Waals surface area contributed by atoms with Crippen molar-refractivity contribution < 1.29 is 13.9 Å². The van der Waals surface area contributed by atoms with Gasteiger partial charge in [0.15, 0.2) is 11.9 Å². The van der Waals surface area contributed by atoms with Gasteiger partial charge in [0.25, 0.3) is 5.91 Å². The molecular weight excluding hydrogens is 339 g/mol. The number of nitrogens with two attached hydrogens (primary N) is 1. The van der Waals surface area contributed by atoms with Crippen LogP contribution >= 0.6 is 15.9 Å². The van der Waals surface area contributed by atoms with Crippen molar-refractivity contribution in [2.75, 3.05) is 5.73 Å². The molecular formula is C15H20BrFN2O2. The molecule has 0 bridgehead atoms. The van der Waals surface area contributed by atoms with E-state index in [2.05, 4.69) is 21.2 Å². The largest absolute Gasteiger partial charge is 0.478 e. The summed E-state index contributed by atoms with van der Waals surface area (Å²) >= 11 is 3.20. The topological polar surface area (TPSA) is 64.3 Å². The van der Waals surface area contributed by atoms with Gasteiger partial charge in [-0.25, -0.2) is 4.39 Å². The molecule has 1 aliphatic rings. The maximum absolute atomic E-state index is 13.2. The lowest BCUT2D eigenvalue weighted by Crippen LogP contribution is -2.43. The number of nitrogens with one attached hydrogen (secondary N) is 1. The molecule has 2 rings (SSSR count). The SMILES string of the molecule is CC(Oc1c(N)cc(F)cc1Br)C(=O)NC1CCCCC1. The third-order valence-electron chi connectivity index (χ3n) is 3.65. The average molecular weight is 359 g/mol. The maximum Gasteiger partial charge on any atom is 0.260 e.